The molecule has 0 aliphatic carbocycles. The number of benzene rings is 1. The highest BCUT2D eigenvalue weighted by atomic mass is 32.2. The molecule has 32 nitrogen and oxygen atoms in total. The van der Waals surface area contributed by atoms with Crippen LogP contribution in [0.5, 0.6) is 5.75 Å². The Hall–Kier alpha value is -6.72. The number of azide groups is 1. The highest BCUT2D eigenvalue weighted by Crippen LogP contribution is 2.36. The highest BCUT2D eigenvalue weighted by Gasteiger charge is 2.45. The van der Waals surface area contributed by atoms with Crippen LogP contribution in [-0.4, -0.2) is 247 Å². The van der Waals surface area contributed by atoms with E-state index in [1.807, 2.05) is 0 Å². The zero-order valence-corrected chi connectivity index (χ0v) is 49.7. The van der Waals surface area contributed by atoms with Crippen molar-refractivity contribution >= 4 is 86.6 Å². The molecular formula is C52H79N13O19S2. The molecule has 5 rings (SSSR count). The number of aliphatic hydroxyl groups is 3. The second-order valence-corrected chi connectivity index (χ2v) is 23.0. The molecular weight excluding hydrogens is 1170 g/mol. The van der Waals surface area contributed by atoms with Crippen LogP contribution in [0.25, 0.3) is 21.3 Å². The third kappa shape index (κ3) is 21.0. The van der Waals surface area contributed by atoms with Crippen molar-refractivity contribution < 1.29 is 91.5 Å². The lowest BCUT2D eigenvalue weighted by Gasteiger charge is -2.32. The van der Waals surface area contributed by atoms with Gasteiger partial charge in [0.05, 0.1) is 126 Å². The van der Waals surface area contributed by atoms with E-state index in [4.69, 9.17) is 34.9 Å². The predicted molar refractivity (Wildman–Crippen MR) is 307 cm³/mol. The Morgan fingerprint density at radius 3 is 2.05 bits per heavy atom. The number of nitrogens with two attached hydrogens (primary N) is 1. The van der Waals surface area contributed by atoms with Gasteiger partial charge in [0.1, 0.15) is 47.0 Å². The van der Waals surface area contributed by atoms with Crippen LogP contribution in [0, 0.1) is 11.8 Å². The molecule has 14 N–H and O–H groups in total. The molecule has 9 amide bonds. The van der Waals surface area contributed by atoms with Gasteiger partial charge in [0.25, 0.3) is 0 Å². The molecule has 2 bridgehead atoms. The van der Waals surface area contributed by atoms with Crippen molar-refractivity contribution in [3.8, 4) is 5.75 Å². The van der Waals surface area contributed by atoms with Crippen molar-refractivity contribution in [3.05, 3.63) is 33.7 Å². The first-order valence-corrected chi connectivity index (χ1v) is 30.5. The van der Waals surface area contributed by atoms with Gasteiger partial charge in [-0.15, -0.1) is 0 Å². The Morgan fingerprint density at radius 1 is 0.814 bits per heavy atom. The molecule has 86 heavy (non-hydrogen) atoms. The summed E-state index contributed by atoms with van der Waals surface area (Å²) in [5.41, 5.74) is 14.4. The van der Waals surface area contributed by atoms with Gasteiger partial charge in [0, 0.05) is 59.2 Å². The minimum atomic E-state index is -2.48. The summed E-state index contributed by atoms with van der Waals surface area (Å²) in [7, 11) is -2.48. The van der Waals surface area contributed by atoms with Crippen LogP contribution >= 0.6 is 11.8 Å². The topological polar surface area (TPSA) is 476 Å². The van der Waals surface area contributed by atoms with E-state index in [-0.39, 0.29) is 64.9 Å². The number of carbonyl (C=O) groups excluding carboxylic acids is 9. The largest absolute Gasteiger partial charge is 0.508 e. The number of nitrogens with zero attached hydrogens (tertiary/aromatic N) is 4. The monoisotopic (exact) mass is 1250 g/mol. The van der Waals surface area contributed by atoms with Crippen LogP contribution in [0.2, 0.25) is 0 Å². The maximum absolute atomic E-state index is 15.2. The van der Waals surface area contributed by atoms with Crippen molar-refractivity contribution in [1.82, 2.24) is 47.1 Å². The Kier molecular flexibility index (Phi) is 29.2. The van der Waals surface area contributed by atoms with E-state index in [0.29, 0.717) is 58.4 Å². The summed E-state index contributed by atoms with van der Waals surface area (Å²) in [5.74, 6) is -11.8. The number of amides is 9. The number of aliphatic hydroxyl groups excluding tert-OH is 3. The van der Waals surface area contributed by atoms with Crippen molar-refractivity contribution in [2.75, 3.05) is 110 Å². The van der Waals surface area contributed by atoms with Crippen molar-refractivity contribution in [2.45, 2.75) is 106 Å². The van der Waals surface area contributed by atoms with Gasteiger partial charge in [-0.25, -0.2) is 0 Å². The van der Waals surface area contributed by atoms with Crippen molar-refractivity contribution in [1.29, 1.82) is 0 Å². The number of aromatic nitrogens is 1. The number of hydrogen-bond acceptors (Lipinski definition) is 21. The van der Waals surface area contributed by atoms with Gasteiger partial charge in [0.15, 0.2) is 0 Å². The van der Waals surface area contributed by atoms with Crippen LogP contribution in [-0.2, 0) is 89.8 Å². The zero-order chi connectivity index (χ0) is 62.9. The maximum atomic E-state index is 15.2. The van der Waals surface area contributed by atoms with Gasteiger partial charge in [-0.3, -0.25) is 47.4 Å². The lowest BCUT2D eigenvalue weighted by atomic mass is 9.93. The molecule has 1 aromatic carbocycles. The third-order valence-corrected chi connectivity index (χ3v) is 16.7. The fourth-order valence-electron chi connectivity index (χ4n) is 9.39. The number of primary amides is 1. The number of fused-ring (bicyclic) bond motifs is 5. The number of H-pyrrole nitrogens is 1. The number of aromatic hydroxyl groups is 1. The quantitative estimate of drug-likeness (QED) is 0.0174. The molecule has 1 aromatic heterocycles. The lowest BCUT2D eigenvalue weighted by molar-refractivity contribution is -0.144. The van der Waals surface area contributed by atoms with Gasteiger partial charge >= 0.3 is 0 Å². The Balaban J connectivity index is 1.49. The van der Waals surface area contributed by atoms with Crippen LogP contribution < -0.4 is 43.0 Å². The van der Waals surface area contributed by atoms with Crippen molar-refractivity contribution in [2.24, 2.45) is 22.7 Å². The standard InChI is InChI=1S/C52H79N13O19S2/c1-4-28(2)43-49(76)56-22-41(71)58-36-27-86(79)51-32(31-5-6-38(68)33(45(31)63-51)26-85-18-17-84-16-15-83-14-13-82-12-11-81-10-9-80-8-7-57-64-54)20-34(46(73)55-23-42(72)61-43)59-50(77)44(29(3)39(69)25-66)62-48(75)37-19-30(67)24-65(37)52(78)35(21-40(53)70)60-47(36)74/h5-6,28-30,34-37,39,43-44,63,66-69H,4,7-27H2,1-3H3,(H2,53,70)(H,55,73)(H,56,76)(H,58,71)(H,59,77)(H,60,74)(H,61,72)(H,62,75)/t28-,29-,30+,34-,35-,36-,37-,39-,43-,44-,86?/m0/s1. The first-order valence-electron chi connectivity index (χ1n) is 28.0. The van der Waals surface area contributed by atoms with Crippen LogP contribution in [0.1, 0.15) is 51.2 Å². The van der Waals surface area contributed by atoms with E-state index in [2.05, 4.69) is 52.2 Å². The molecule has 3 aliphatic rings. The minimum absolute atomic E-state index is 0.0524. The molecule has 1 fully saturated rings. The molecule has 1 saturated heterocycles. The fraction of sp³-hybridized carbons (Fsp3) is 0.673. The average Bonchev–Trinajstić information content (AvgIpc) is 1.71. The number of aromatic amines is 1. The van der Waals surface area contributed by atoms with Gasteiger partial charge in [-0.05, 0) is 29.1 Å². The van der Waals surface area contributed by atoms with Gasteiger partial charge in [0.2, 0.25) is 53.2 Å². The fourth-order valence-corrected chi connectivity index (χ4v) is 11.7. The first kappa shape index (κ1) is 70.0. The van der Waals surface area contributed by atoms with E-state index >= 15 is 4.21 Å². The third-order valence-electron chi connectivity index (χ3n) is 14.3. The summed E-state index contributed by atoms with van der Waals surface area (Å²) in [6.07, 6.45) is -4.62. The number of rotatable bonds is 27. The summed E-state index contributed by atoms with van der Waals surface area (Å²) < 4.78 is 42.6. The smallest absolute Gasteiger partial charge is 0.246 e. The summed E-state index contributed by atoms with van der Waals surface area (Å²) in [5, 5.41) is 63.9. The molecule has 0 radical (unpaired) electrons. The molecule has 0 spiro atoms. The minimum Gasteiger partial charge on any atom is -0.508 e. The van der Waals surface area contributed by atoms with E-state index in [1.165, 1.54) is 30.8 Å². The second-order valence-electron chi connectivity index (χ2n) is 20.5. The van der Waals surface area contributed by atoms with Crippen molar-refractivity contribution in [3.63, 3.8) is 0 Å². The molecule has 0 saturated carbocycles. The first-order chi connectivity index (χ1) is 41.2. The van der Waals surface area contributed by atoms with E-state index in [0.717, 1.165) is 4.90 Å². The van der Waals surface area contributed by atoms with Crippen LogP contribution in [0.4, 0.5) is 0 Å². The summed E-state index contributed by atoms with van der Waals surface area (Å²) in [4.78, 5) is 133. The van der Waals surface area contributed by atoms with Gasteiger partial charge < -0.3 is 96.9 Å². The number of thioether (sulfide) groups is 1. The molecule has 11 atom stereocenters. The average molecular weight is 1250 g/mol. The number of phenols is 1. The Morgan fingerprint density at radius 2 is 1.43 bits per heavy atom. The molecule has 2 aromatic rings. The summed E-state index contributed by atoms with van der Waals surface area (Å²) in [6, 6.07) is -7.45. The molecule has 34 heteroatoms. The molecule has 478 valence electrons. The Labute approximate surface area is 501 Å². The Bertz CT molecular complexity index is 2750. The SMILES string of the molecule is CC[C@H](C)[C@@H]1NC(=O)CNC(=O)[C@@H]2Cc3c([nH]c4c(CSCCOCCOCCOCCOCCOCCN=[N+]=[N-])c(O)ccc34)S(=O)C[C@H](NC(=O)CNC1=O)C(=O)N[C@@H](CC(N)=O)C(=O)N1C[C@H](O)C[C@H]1C(=O)N[C@@H]([C@@H](C)[C@@H](O)CO)C(=O)N2. The van der Waals surface area contributed by atoms with E-state index < -0.39 is 176 Å². The number of phenolic OH excluding ortho intramolecular Hbond substituents is 1. The molecule has 1 unspecified atom stereocenters. The predicted octanol–water partition coefficient (Wildman–Crippen LogP) is -4.29. The van der Waals surface area contributed by atoms with Gasteiger partial charge in [-0.1, -0.05) is 32.3 Å². The number of nitrogens with one attached hydrogen (secondary N) is 8. The maximum Gasteiger partial charge on any atom is 0.246 e. The van der Waals surface area contributed by atoms with Gasteiger partial charge in [-0.2, -0.15) is 11.8 Å². The molecule has 3 aliphatic heterocycles. The lowest BCUT2D eigenvalue weighted by Crippen LogP contribution is -2.62. The highest BCUT2D eigenvalue weighted by molar-refractivity contribution is 7.98. The normalized spacial score (nSPS) is 24.1. The van der Waals surface area contributed by atoms with E-state index in [9.17, 15) is 63.6 Å². The number of hydrogen-bond donors (Lipinski definition) is 13. The van der Waals surface area contributed by atoms with Crippen LogP contribution in [0.3, 0.4) is 0 Å². The summed E-state index contributed by atoms with van der Waals surface area (Å²) in [6.45, 7) is 5.00. The number of ether oxygens (including phenoxy) is 5. The number of carbonyl (C=O) groups is 9. The van der Waals surface area contributed by atoms with E-state index in [1.54, 1.807) is 13.8 Å². The van der Waals surface area contributed by atoms with Crippen LogP contribution in [0.15, 0.2) is 22.3 Å². The summed E-state index contributed by atoms with van der Waals surface area (Å²) >= 11 is 1.34. The molecule has 4 heterocycles. The second kappa shape index (κ2) is 35.8. The zero-order valence-electron chi connectivity index (χ0n) is 48.1.